The number of para-hydroxylation sites is 1. The first-order valence-electron chi connectivity index (χ1n) is 14.9. The fraction of sp³-hybridized carbons (Fsp3) is 0.469. The molecule has 1 saturated carbocycles. The first-order chi connectivity index (χ1) is 21.4. The summed E-state index contributed by atoms with van der Waals surface area (Å²) in [5.74, 6) is -0.113. The van der Waals surface area contributed by atoms with E-state index in [0.717, 1.165) is 41.4 Å². The van der Waals surface area contributed by atoms with Gasteiger partial charge in [0.05, 0.1) is 32.6 Å². The lowest BCUT2D eigenvalue weighted by Crippen LogP contribution is -2.44. The molecular formula is C32H36Cl4N4O4S. The van der Waals surface area contributed by atoms with Crippen molar-refractivity contribution >= 4 is 74.9 Å². The van der Waals surface area contributed by atoms with Gasteiger partial charge < -0.3 is 24.6 Å². The number of anilines is 1. The molecule has 2 aliphatic rings. The van der Waals surface area contributed by atoms with E-state index < -0.39 is 17.6 Å². The fourth-order valence-corrected chi connectivity index (χ4v) is 7.06. The molecule has 0 spiro atoms. The zero-order chi connectivity index (χ0) is 32.3. The van der Waals surface area contributed by atoms with Gasteiger partial charge in [0.1, 0.15) is 11.7 Å². The lowest BCUT2D eigenvalue weighted by atomic mass is 10.0. The van der Waals surface area contributed by atoms with E-state index in [2.05, 4.69) is 15.2 Å². The minimum absolute atomic E-state index is 0.0641. The molecular weight excluding hydrogens is 678 g/mol. The number of carbonyl (C=O) groups excluding carboxylic acids is 2. The summed E-state index contributed by atoms with van der Waals surface area (Å²) in [6.45, 7) is 7.25. The summed E-state index contributed by atoms with van der Waals surface area (Å²) in [4.78, 5) is 36.4. The number of aromatic nitrogens is 1. The van der Waals surface area contributed by atoms with Crippen LogP contribution in [0.4, 0.5) is 9.93 Å². The number of nitrogens with zero attached hydrogens (tertiary/aromatic N) is 3. The molecule has 8 nitrogen and oxygen atoms in total. The zero-order valence-corrected chi connectivity index (χ0v) is 29.2. The van der Waals surface area contributed by atoms with Gasteiger partial charge in [-0.25, -0.2) is 9.78 Å². The van der Waals surface area contributed by atoms with Crippen LogP contribution >= 0.6 is 57.7 Å². The third kappa shape index (κ3) is 9.10. The van der Waals surface area contributed by atoms with Crippen molar-refractivity contribution in [1.82, 2.24) is 15.2 Å². The topological polar surface area (TPSA) is 84.0 Å². The Kier molecular flexibility index (Phi) is 11.0. The first-order valence-corrected chi connectivity index (χ1v) is 17.2. The maximum Gasteiger partial charge on any atom is 0.407 e. The highest BCUT2D eigenvalue weighted by molar-refractivity contribution is 7.15. The van der Waals surface area contributed by atoms with Crippen molar-refractivity contribution in [3.8, 4) is 5.75 Å². The van der Waals surface area contributed by atoms with Crippen LogP contribution in [0.15, 0.2) is 42.6 Å². The van der Waals surface area contributed by atoms with Crippen LogP contribution in [0.2, 0.25) is 20.1 Å². The van der Waals surface area contributed by atoms with E-state index in [0.29, 0.717) is 45.4 Å². The molecule has 0 unspecified atom stereocenters. The average Bonchev–Trinajstić information content (AvgIpc) is 3.51. The summed E-state index contributed by atoms with van der Waals surface area (Å²) in [7, 11) is 0. The van der Waals surface area contributed by atoms with Gasteiger partial charge in [-0.05, 0) is 63.8 Å². The second kappa shape index (κ2) is 14.6. The van der Waals surface area contributed by atoms with Crippen LogP contribution in [-0.2, 0) is 22.5 Å². The minimum Gasteiger partial charge on any atom is -0.485 e. The van der Waals surface area contributed by atoms with Gasteiger partial charge in [-0.2, -0.15) is 0 Å². The molecule has 45 heavy (non-hydrogen) atoms. The largest absolute Gasteiger partial charge is 0.485 e. The molecule has 0 radical (unpaired) electrons. The Morgan fingerprint density at radius 2 is 1.76 bits per heavy atom. The summed E-state index contributed by atoms with van der Waals surface area (Å²) in [6, 6.07) is 10.8. The molecule has 1 N–H and O–H groups in total. The number of ether oxygens (including phenoxy) is 2. The monoisotopic (exact) mass is 712 g/mol. The number of hydrogen-bond donors (Lipinski definition) is 1. The smallest absolute Gasteiger partial charge is 0.407 e. The SMILES string of the molecule is CC(C)(C)OC(=O)NC[C@@H](Cc1cnc(N2CC[C@@H](Oc3c(Cl)cccc3Cl)C2)s1)C(=O)N(Cc1cccc(Cl)c1Cl)C1CC1. The standard InChI is InChI=1S/C32H36Cl4N4O4S/c1-32(2,3)44-31(42)38-15-20(29(41)40(21-10-11-21)17-19-6-4-7-24(33)27(19)36)14-23-16-37-30(45-23)39-13-12-22(18-39)43-28-25(34)8-5-9-26(28)35/h4-9,16,20-22H,10-15,17-18H2,1-3H3,(H,38,42)/t20-,22-/m1/s1. The number of benzene rings is 2. The van der Waals surface area contributed by atoms with E-state index in [1.54, 1.807) is 45.0 Å². The third-order valence-corrected chi connectivity index (χ3v) is 10.0. The average molecular weight is 715 g/mol. The van der Waals surface area contributed by atoms with Crippen LogP contribution in [0.5, 0.6) is 5.75 Å². The third-order valence-electron chi connectivity index (χ3n) is 7.49. The van der Waals surface area contributed by atoms with E-state index in [1.807, 2.05) is 23.2 Å². The Morgan fingerprint density at radius 3 is 2.44 bits per heavy atom. The molecule has 0 bridgehead atoms. The Bertz CT molecular complexity index is 1510. The van der Waals surface area contributed by atoms with Gasteiger partial charge in [-0.15, -0.1) is 11.3 Å². The van der Waals surface area contributed by atoms with Gasteiger partial charge in [0, 0.05) is 43.2 Å². The van der Waals surface area contributed by atoms with Crippen molar-refractivity contribution in [2.24, 2.45) is 5.92 Å². The number of halogens is 4. The van der Waals surface area contributed by atoms with Gasteiger partial charge in [0.2, 0.25) is 5.91 Å². The molecule has 2 fully saturated rings. The van der Waals surface area contributed by atoms with Gasteiger partial charge in [0.25, 0.3) is 0 Å². The summed E-state index contributed by atoms with van der Waals surface area (Å²) >= 11 is 26.9. The Hall–Kier alpha value is -2.43. The molecule has 2 atom stereocenters. The summed E-state index contributed by atoms with van der Waals surface area (Å²) in [5.41, 5.74) is 0.126. The van der Waals surface area contributed by atoms with Crippen molar-refractivity contribution in [1.29, 1.82) is 0 Å². The van der Waals surface area contributed by atoms with Crippen molar-refractivity contribution in [2.45, 2.75) is 70.7 Å². The second-order valence-corrected chi connectivity index (χ2v) is 15.0. The molecule has 3 aromatic rings. The van der Waals surface area contributed by atoms with Crippen molar-refractivity contribution in [3.63, 3.8) is 0 Å². The van der Waals surface area contributed by atoms with Crippen LogP contribution in [0, 0.1) is 5.92 Å². The van der Waals surface area contributed by atoms with Crippen molar-refractivity contribution in [2.75, 3.05) is 24.5 Å². The summed E-state index contributed by atoms with van der Waals surface area (Å²) < 4.78 is 11.6. The van der Waals surface area contributed by atoms with E-state index in [-0.39, 0.29) is 24.6 Å². The highest BCUT2D eigenvalue weighted by atomic mass is 35.5. The number of carbonyl (C=O) groups is 2. The van der Waals surface area contributed by atoms with Gasteiger partial charge in [-0.1, -0.05) is 64.6 Å². The highest BCUT2D eigenvalue weighted by Crippen LogP contribution is 2.37. The molecule has 1 saturated heterocycles. The zero-order valence-electron chi connectivity index (χ0n) is 25.3. The minimum atomic E-state index is -0.659. The van der Waals surface area contributed by atoms with Crippen molar-refractivity contribution < 1.29 is 19.1 Å². The molecule has 1 aliphatic carbocycles. The lowest BCUT2D eigenvalue weighted by Gasteiger charge is -2.28. The Morgan fingerprint density at radius 1 is 1.07 bits per heavy atom. The van der Waals surface area contributed by atoms with Crippen LogP contribution in [0.25, 0.3) is 0 Å². The molecule has 2 amide bonds. The van der Waals surface area contributed by atoms with Gasteiger partial charge >= 0.3 is 6.09 Å². The predicted octanol–water partition coefficient (Wildman–Crippen LogP) is 8.29. The maximum atomic E-state index is 14.2. The first kappa shape index (κ1) is 33.9. The van der Waals surface area contributed by atoms with E-state index in [9.17, 15) is 9.59 Å². The molecule has 242 valence electrons. The quantitative estimate of drug-likeness (QED) is 0.215. The summed E-state index contributed by atoms with van der Waals surface area (Å²) in [6.07, 6.45) is 4.18. The normalized spacial score (nSPS) is 17.2. The highest BCUT2D eigenvalue weighted by Gasteiger charge is 2.37. The lowest BCUT2D eigenvalue weighted by molar-refractivity contribution is -0.136. The van der Waals surface area contributed by atoms with Gasteiger partial charge in [-0.3, -0.25) is 4.79 Å². The van der Waals surface area contributed by atoms with Gasteiger partial charge in [0.15, 0.2) is 10.9 Å². The predicted molar refractivity (Wildman–Crippen MR) is 181 cm³/mol. The van der Waals surface area contributed by atoms with Crippen LogP contribution < -0.4 is 15.0 Å². The van der Waals surface area contributed by atoms with Crippen molar-refractivity contribution in [3.05, 3.63) is 73.1 Å². The molecule has 2 heterocycles. The van der Waals surface area contributed by atoms with E-state index in [4.69, 9.17) is 55.9 Å². The van der Waals surface area contributed by atoms with Crippen LogP contribution in [0.1, 0.15) is 50.5 Å². The van der Waals surface area contributed by atoms with E-state index >= 15 is 0 Å². The number of alkyl carbamates (subject to hydrolysis) is 1. The van der Waals surface area contributed by atoms with Crippen LogP contribution in [0.3, 0.4) is 0 Å². The molecule has 13 heteroatoms. The molecule has 5 rings (SSSR count). The number of rotatable bonds is 11. The number of hydrogen-bond acceptors (Lipinski definition) is 7. The maximum absolute atomic E-state index is 14.2. The molecule has 1 aromatic heterocycles. The number of thiazole rings is 1. The Balaban J connectivity index is 1.29. The summed E-state index contributed by atoms with van der Waals surface area (Å²) in [5, 5.41) is 5.51. The number of amides is 2. The van der Waals surface area contributed by atoms with Crippen LogP contribution in [-0.4, -0.2) is 59.3 Å². The number of nitrogens with one attached hydrogen (secondary N) is 1. The molecule has 2 aromatic carbocycles. The Labute approximate surface area is 287 Å². The van der Waals surface area contributed by atoms with E-state index in [1.165, 1.54) is 11.3 Å². The molecule has 1 aliphatic heterocycles. The fourth-order valence-electron chi connectivity index (χ4n) is 5.17. The second-order valence-electron chi connectivity index (χ2n) is 12.3.